The highest BCUT2D eigenvalue weighted by Gasteiger charge is 2.01. The molecule has 0 bridgehead atoms. The Morgan fingerprint density at radius 1 is 1.19 bits per heavy atom. The molecule has 0 saturated carbocycles. The van der Waals surface area contributed by atoms with Crippen LogP contribution in [-0.4, -0.2) is 35.4 Å². The number of nitrogens with zero attached hydrogens (tertiary/aromatic N) is 4. The molecule has 0 aliphatic heterocycles. The predicted molar refractivity (Wildman–Crippen MR) is 81.6 cm³/mol. The Morgan fingerprint density at radius 2 is 2.00 bits per heavy atom. The van der Waals surface area contributed by atoms with E-state index in [1.807, 2.05) is 18.2 Å². The first kappa shape index (κ1) is 14.4. The second kappa shape index (κ2) is 7.54. The fourth-order valence-corrected chi connectivity index (χ4v) is 1.58. The molecule has 0 aliphatic carbocycles. The average molecular weight is 282 g/mol. The molecule has 21 heavy (non-hydrogen) atoms. The van der Waals surface area contributed by atoms with Crippen molar-refractivity contribution in [2.75, 3.05) is 7.11 Å². The van der Waals surface area contributed by atoms with E-state index in [-0.39, 0.29) is 0 Å². The number of benzene rings is 1. The van der Waals surface area contributed by atoms with Crippen LogP contribution in [0.4, 0.5) is 0 Å². The van der Waals surface area contributed by atoms with Crippen LogP contribution < -0.4 is 4.74 Å². The third kappa shape index (κ3) is 4.24. The summed E-state index contributed by atoms with van der Waals surface area (Å²) in [6.45, 7) is 0. The van der Waals surface area contributed by atoms with E-state index in [1.54, 1.807) is 37.6 Å². The molecule has 1 aromatic heterocycles. The van der Waals surface area contributed by atoms with Gasteiger partial charge in [0.2, 0.25) is 0 Å². The molecule has 0 atom stereocenters. The van der Waals surface area contributed by atoms with Gasteiger partial charge >= 0.3 is 0 Å². The zero-order chi connectivity index (χ0) is 14.9. The quantitative estimate of drug-likeness (QED) is 0.519. The van der Waals surface area contributed by atoms with E-state index >= 15 is 0 Å². The molecule has 2 aromatic rings. The molecule has 0 aliphatic rings. The molecule has 0 fully saturated rings. The SMILES string of the molecule is COc1ccc(C(/C=N/O)=N/N=C/c2ccccn2)cc1. The summed E-state index contributed by atoms with van der Waals surface area (Å²) >= 11 is 0. The van der Waals surface area contributed by atoms with Gasteiger partial charge in [-0.3, -0.25) is 4.98 Å². The lowest BCUT2D eigenvalue weighted by molar-refractivity contribution is 0.322. The Bertz CT molecular complexity index is 649. The predicted octanol–water partition coefficient (Wildman–Crippen LogP) is 2.37. The smallest absolute Gasteiger partial charge is 0.118 e. The molecule has 1 heterocycles. The third-order valence-corrected chi connectivity index (χ3v) is 2.61. The number of methoxy groups -OCH3 is 1. The minimum atomic E-state index is 0.423. The fourth-order valence-electron chi connectivity index (χ4n) is 1.58. The van der Waals surface area contributed by atoms with Crippen LogP contribution >= 0.6 is 0 Å². The molecular formula is C15H14N4O2. The highest BCUT2D eigenvalue weighted by molar-refractivity contribution is 6.38. The summed E-state index contributed by atoms with van der Waals surface area (Å²) in [6.07, 6.45) is 4.41. The lowest BCUT2D eigenvalue weighted by Crippen LogP contribution is -2.02. The zero-order valence-electron chi connectivity index (χ0n) is 11.4. The monoisotopic (exact) mass is 282 g/mol. The molecule has 0 radical (unpaired) electrons. The summed E-state index contributed by atoms with van der Waals surface area (Å²) in [7, 11) is 1.59. The number of aromatic nitrogens is 1. The van der Waals surface area contributed by atoms with Gasteiger partial charge in [0.1, 0.15) is 11.5 Å². The van der Waals surface area contributed by atoms with E-state index in [4.69, 9.17) is 9.94 Å². The number of pyridine rings is 1. The van der Waals surface area contributed by atoms with Crippen molar-refractivity contribution in [3.05, 3.63) is 59.9 Å². The van der Waals surface area contributed by atoms with E-state index in [2.05, 4.69) is 20.3 Å². The molecule has 106 valence electrons. The summed E-state index contributed by atoms with van der Waals surface area (Å²) < 4.78 is 5.09. The maximum absolute atomic E-state index is 8.71. The topological polar surface area (TPSA) is 79.4 Å². The number of hydrogen-bond acceptors (Lipinski definition) is 6. The zero-order valence-corrected chi connectivity index (χ0v) is 11.4. The van der Waals surface area contributed by atoms with E-state index in [9.17, 15) is 0 Å². The van der Waals surface area contributed by atoms with Crippen LogP contribution in [-0.2, 0) is 0 Å². The first-order chi connectivity index (χ1) is 10.3. The Kier molecular flexibility index (Phi) is 5.17. The maximum Gasteiger partial charge on any atom is 0.118 e. The fraction of sp³-hybridized carbons (Fsp3) is 0.0667. The third-order valence-electron chi connectivity index (χ3n) is 2.61. The van der Waals surface area contributed by atoms with Gasteiger partial charge in [-0.05, 0) is 36.4 Å². The van der Waals surface area contributed by atoms with Gasteiger partial charge in [0.25, 0.3) is 0 Å². The van der Waals surface area contributed by atoms with E-state index in [0.717, 1.165) is 11.3 Å². The average Bonchev–Trinajstić information content (AvgIpc) is 2.55. The van der Waals surface area contributed by atoms with Crippen molar-refractivity contribution in [3.63, 3.8) is 0 Å². The van der Waals surface area contributed by atoms with Gasteiger partial charge in [-0.1, -0.05) is 11.2 Å². The van der Waals surface area contributed by atoms with Crippen molar-refractivity contribution >= 4 is 18.1 Å². The van der Waals surface area contributed by atoms with Crippen molar-refractivity contribution in [2.24, 2.45) is 15.4 Å². The Balaban J connectivity index is 2.21. The Hall–Kier alpha value is -3.02. The van der Waals surface area contributed by atoms with Crippen molar-refractivity contribution in [3.8, 4) is 5.75 Å². The highest BCUT2D eigenvalue weighted by Crippen LogP contribution is 2.11. The first-order valence-corrected chi connectivity index (χ1v) is 6.17. The summed E-state index contributed by atoms with van der Waals surface area (Å²) in [5, 5.41) is 19.7. The number of rotatable bonds is 5. The summed E-state index contributed by atoms with van der Waals surface area (Å²) in [5.74, 6) is 0.732. The van der Waals surface area contributed by atoms with Crippen molar-refractivity contribution in [1.29, 1.82) is 0 Å². The molecule has 6 nitrogen and oxygen atoms in total. The molecule has 1 aromatic carbocycles. The van der Waals surface area contributed by atoms with Crippen LogP contribution in [0.1, 0.15) is 11.3 Å². The standard InChI is InChI=1S/C15H14N4O2/c1-21-14-7-5-12(6-8-14)15(11-18-20)19-17-10-13-4-2-3-9-16-13/h2-11,20H,1H3/b17-10+,18-11+,19-15+. The van der Waals surface area contributed by atoms with Gasteiger partial charge in [0.05, 0.1) is 25.2 Å². The van der Waals surface area contributed by atoms with Crippen LogP contribution in [0.15, 0.2) is 64.0 Å². The Morgan fingerprint density at radius 3 is 2.62 bits per heavy atom. The molecular weight excluding hydrogens is 268 g/mol. The van der Waals surface area contributed by atoms with Gasteiger partial charge in [-0.2, -0.15) is 5.10 Å². The van der Waals surface area contributed by atoms with Crippen molar-refractivity contribution in [2.45, 2.75) is 0 Å². The van der Waals surface area contributed by atoms with Gasteiger partial charge in [0, 0.05) is 11.8 Å². The second-order valence-corrected chi connectivity index (χ2v) is 3.96. The number of oxime groups is 1. The van der Waals surface area contributed by atoms with Crippen LogP contribution in [0.3, 0.4) is 0 Å². The number of ether oxygens (including phenoxy) is 1. The minimum absolute atomic E-state index is 0.423. The van der Waals surface area contributed by atoms with Crippen molar-refractivity contribution in [1.82, 2.24) is 4.98 Å². The summed E-state index contributed by atoms with van der Waals surface area (Å²) in [6, 6.07) is 12.7. The van der Waals surface area contributed by atoms with E-state index < -0.39 is 0 Å². The van der Waals surface area contributed by atoms with Crippen LogP contribution in [0.2, 0.25) is 0 Å². The largest absolute Gasteiger partial charge is 0.497 e. The van der Waals surface area contributed by atoms with Crippen LogP contribution in [0.5, 0.6) is 5.75 Å². The van der Waals surface area contributed by atoms with Gasteiger partial charge in [0.15, 0.2) is 0 Å². The van der Waals surface area contributed by atoms with Gasteiger partial charge in [-0.25, -0.2) is 0 Å². The lowest BCUT2D eigenvalue weighted by atomic mass is 10.1. The van der Waals surface area contributed by atoms with E-state index in [0.29, 0.717) is 11.4 Å². The van der Waals surface area contributed by atoms with Crippen LogP contribution in [0.25, 0.3) is 0 Å². The molecule has 6 heteroatoms. The molecule has 0 saturated heterocycles. The van der Waals surface area contributed by atoms with Gasteiger partial charge in [-0.15, -0.1) is 5.10 Å². The first-order valence-electron chi connectivity index (χ1n) is 6.17. The van der Waals surface area contributed by atoms with Gasteiger partial charge < -0.3 is 9.94 Å². The highest BCUT2D eigenvalue weighted by atomic mass is 16.5. The second-order valence-electron chi connectivity index (χ2n) is 3.96. The molecule has 1 N–H and O–H groups in total. The normalized spacial score (nSPS) is 12.1. The van der Waals surface area contributed by atoms with E-state index in [1.165, 1.54) is 12.4 Å². The number of hydrogen-bond donors (Lipinski definition) is 1. The molecule has 0 unspecified atom stereocenters. The summed E-state index contributed by atoms with van der Waals surface area (Å²) in [4.78, 5) is 4.10. The molecule has 2 rings (SSSR count). The minimum Gasteiger partial charge on any atom is -0.497 e. The Labute approximate surface area is 122 Å². The van der Waals surface area contributed by atoms with Crippen LogP contribution in [0, 0.1) is 0 Å². The molecule has 0 amide bonds. The maximum atomic E-state index is 8.71. The molecule has 0 spiro atoms. The van der Waals surface area contributed by atoms with Crippen molar-refractivity contribution < 1.29 is 9.94 Å². The summed E-state index contributed by atoms with van der Waals surface area (Å²) in [5.41, 5.74) is 1.87. The lowest BCUT2D eigenvalue weighted by Gasteiger charge is -2.01.